The van der Waals surface area contributed by atoms with Crippen molar-refractivity contribution in [3.63, 3.8) is 0 Å². The number of nitrogens with two attached hydrogens (primary N) is 1. The fourth-order valence-corrected chi connectivity index (χ4v) is 3.08. The number of nitrogens with zero attached hydrogens (tertiary/aromatic N) is 2. The Morgan fingerprint density at radius 3 is 2.42 bits per heavy atom. The van der Waals surface area contributed by atoms with Gasteiger partial charge in [-0.05, 0) is 17.5 Å². The molecule has 2 rings (SSSR count). The highest BCUT2D eigenvalue weighted by atomic mass is 32.2. The van der Waals surface area contributed by atoms with Crippen LogP contribution in [0, 0.1) is 5.92 Å². The van der Waals surface area contributed by atoms with Crippen molar-refractivity contribution in [2.24, 2.45) is 11.7 Å². The van der Waals surface area contributed by atoms with Crippen LogP contribution in [0.25, 0.3) is 0 Å². The molecule has 0 fully saturated rings. The second-order valence-corrected chi connectivity index (χ2v) is 6.01. The maximum absolute atomic E-state index is 6.42. The van der Waals surface area contributed by atoms with Gasteiger partial charge >= 0.3 is 0 Å². The molecule has 0 spiro atoms. The van der Waals surface area contributed by atoms with E-state index >= 15 is 0 Å². The molecule has 0 aliphatic carbocycles. The highest BCUT2D eigenvalue weighted by Gasteiger charge is 2.24. The van der Waals surface area contributed by atoms with Gasteiger partial charge in [0.05, 0.1) is 5.03 Å². The minimum Gasteiger partial charge on any atom is -0.323 e. The molecule has 19 heavy (non-hydrogen) atoms. The van der Waals surface area contributed by atoms with Crippen LogP contribution < -0.4 is 5.73 Å². The van der Waals surface area contributed by atoms with E-state index in [1.807, 2.05) is 24.3 Å². The molecule has 0 radical (unpaired) electrons. The van der Waals surface area contributed by atoms with Gasteiger partial charge in [0.2, 0.25) is 0 Å². The van der Waals surface area contributed by atoms with Crippen LogP contribution in [0.5, 0.6) is 0 Å². The number of benzene rings is 1. The molecule has 2 N–H and O–H groups in total. The molecule has 2 atom stereocenters. The van der Waals surface area contributed by atoms with E-state index in [2.05, 4.69) is 35.9 Å². The molecule has 2 unspecified atom stereocenters. The van der Waals surface area contributed by atoms with E-state index in [0.717, 1.165) is 5.03 Å². The lowest BCUT2D eigenvalue weighted by Gasteiger charge is -2.26. The zero-order chi connectivity index (χ0) is 13.7. The number of hydrogen-bond acceptors (Lipinski definition) is 4. The summed E-state index contributed by atoms with van der Waals surface area (Å²) in [6.45, 7) is 4.39. The van der Waals surface area contributed by atoms with Crippen molar-refractivity contribution < 1.29 is 0 Å². The van der Waals surface area contributed by atoms with Crippen molar-refractivity contribution in [2.45, 2.75) is 30.2 Å². The topological polar surface area (TPSA) is 51.8 Å². The molecule has 2 aromatic rings. The molecule has 0 saturated carbocycles. The molecular weight excluding hydrogens is 254 g/mol. The number of hydrogen-bond donors (Lipinski definition) is 1. The normalized spacial score (nSPS) is 14.3. The van der Waals surface area contributed by atoms with Gasteiger partial charge in [-0.2, -0.15) is 0 Å². The monoisotopic (exact) mass is 273 g/mol. The van der Waals surface area contributed by atoms with Gasteiger partial charge < -0.3 is 5.73 Å². The van der Waals surface area contributed by atoms with Crippen LogP contribution in [0.1, 0.15) is 25.5 Å². The van der Waals surface area contributed by atoms with Crippen LogP contribution >= 0.6 is 11.8 Å². The first-order valence-corrected chi connectivity index (χ1v) is 7.29. The summed E-state index contributed by atoms with van der Waals surface area (Å²) < 4.78 is 0. The molecule has 100 valence electrons. The van der Waals surface area contributed by atoms with Crippen molar-refractivity contribution in [1.29, 1.82) is 0 Å². The van der Waals surface area contributed by atoms with Crippen LogP contribution in [0.4, 0.5) is 0 Å². The minimum atomic E-state index is 0.00108. The summed E-state index contributed by atoms with van der Waals surface area (Å²) in [7, 11) is 0. The SMILES string of the molecule is CC(C)C(Sc1ccncn1)C(N)c1ccccc1. The van der Waals surface area contributed by atoms with Crippen molar-refractivity contribution in [1.82, 2.24) is 9.97 Å². The molecular formula is C15H19N3S. The van der Waals surface area contributed by atoms with Crippen LogP contribution in [0.3, 0.4) is 0 Å². The second-order valence-electron chi connectivity index (χ2n) is 4.81. The average molecular weight is 273 g/mol. The molecule has 0 amide bonds. The van der Waals surface area contributed by atoms with Crippen LogP contribution in [-0.2, 0) is 0 Å². The fourth-order valence-electron chi connectivity index (χ4n) is 1.98. The largest absolute Gasteiger partial charge is 0.323 e. The summed E-state index contributed by atoms with van der Waals surface area (Å²) in [6.07, 6.45) is 3.34. The van der Waals surface area contributed by atoms with Gasteiger partial charge in [-0.25, -0.2) is 9.97 Å². The van der Waals surface area contributed by atoms with Crippen molar-refractivity contribution >= 4 is 11.8 Å². The smallest absolute Gasteiger partial charge is 0.116 e. The van der Waals surface area contributed by atoms with Crippen LogP contribution in [0.2, 0.25) is 0 Å². The number of aromatic nitrogens is 2. The Hall–Kier alpha value is -1.39. The van der Waals surface area contributed by atoms with Crippen molar-refractivity contribution in [3.05, 3.63) is 54.5 Å². The molecule has 1 aromatic heterocycles. The van der Waals surface area contributed by atoms with Crippen molar-refractivity contribution in [2.75, 3.05) is 0 Å². The lowest BCUT2D eigenvalue weighted by Crippen LogP contribution is -2.28. The first-order chi connectivity index (χ1) is 9.18. The summed E-state index contributed by atoms with van der Waals surface area (Å²) in [5.41, 5.74) is 7.59. The summed E-state index contributed by atoms with van der Waals surface area (Å²) >= 11 is 1.72. The standard InChI is InChI=1S/C15H19N3S/c1-11(2)15(19-13-8-9-17-10-18-13)14(16)12-6-4-3-5-7-12/h3-11,14-15H,16H2,1-2H3. The summed E-state index contributed by atoms with van der Waals surface area (Å²) in [5, 5.41) is 1.26. The first kappa shape index (κ1) is 14.0. The predicted octanol–water partition coefficient (Wildman–Crippen LogP) is 3.29. The Kier molecular flexibility index (Phi) is 4.93. The predicted molar refractivity (Wildman–Crippen MR) is 79.9 cm³/mol. The molecule has 0 aliphatic rings. The van der Waals surface area contributed by atoms with Gasteiger partial charge in [-0.3, -0.25) is 0 Å². The molecule has 1 heterocycles. The third kappa shape index (κ3) is 3.78. The lowest BCUT2D eigenvalue weighted by atomic mass is 9.97. The quantitative estimate of drug-likeness (QED) is 0.671. The van der Waals surface area contributed by atoms with E-state index in [4.69, 9.17) is 5.73 Å². The number of rotatable bonds is 5. The average Bonchev–Trinajstić information content (AvgIpc) is 2.46. The van der Waals surface area contributed by atoms with E-state index in [1.165, 1.54) is 5.56 Å². The lowest BCUT2D eigenvalue weighted by molar-refractivity contribution is 0.527. The third-order valence-corrected chi connectivity index (χ3v) is 4.60. The van der Waals surface area contributed by atoms with Crippen LogP contribution in [0.15, 0.2) is 53.9 Å². The maximum atomic E-state index is 6.42. The van der Waals surface area contributed by atoms with Gasteiger partial charge in [0.1, 0.15) is 6.33 Å². The van der Waals surface area contributed by atoms with Crippen molar-refractivity contribution in [3.8, 4) is 0 Å². The molecule has 0 saturated heterocycles. The van der Waals surface area contributed by atoms with Gasteiger partial charge in [-0.15, -0.1) is 11.8 Å². The zero-order valence-electron chi connectivity index (χ0n) is 11.2. The van der Waals surface area contributed by atoms with E-state index < -0.39 is 0 Å². The molecule has 4 heteroatoms. The second kappa shape index (κ2) is 6.68. The summed E-state index contributed by atoms with van der Waals surface area (Å²) in [5.74, 6) is 0.468. The zero-order valence-corrected chi connectivity index (χ0v) is 12.0. The highest BCUT2D eigenvalue weighted by Crippen LogP contribution is 2.34. The van der Waals surface area contributed by atoms with Crippen LogP contribution in [-0.4, -0.2) is 15.2 Å². The maximum Gasteiger partial charge on any atom is 0.116 e. The van der Waals surface area contributed by atoms with Gasteiger partial charge in [0.15, 0.2) is 0 Å². The molecule has 0 bridgehead atoms. The Morgan fingerprint density at radius 1 is 1.11 bits per heavy atom. The van der Waals surface area contributed by atoms with E-state index in [9.17, 15) is 0 Å². The first-order valence-electron chi connectivity index (χ1n) is 6.41. The highest BCUT2D eigenvalue weighted by molar-refractivity contribution is 7.99. The van der Waals surface area contributed by atoms with Gasteiger partial charge in [0.25, 0.3) is 0 Å². The summed E-state index contributed by atoms with van der Waals surface area (Å²) in [6, 6.07) is 12.2. The van der Waals surface area contributed by atoms with E-state index in [-0.39, 0.29) is 11.3 Å². The molecule has 3 nitrogen and oxygen atoms in total. The Bertz CT molecular complexity index is 487. The fraction of sp³-hybridized carbons (Fsp3) is 0.333. The number of thioether (sulfide) groups is 1. The molecule has 0 aliphatic heterocycles. The third-order valence-electron chi connectivity index (χ3n) is 3.01. The molecule has 1 aromatic carbocycles. The Labute approximate surface area is 118 Å². The van der Waals surface area contributed by atoms with Gasteiger partial charge in [0, 0.05) is 17.5 Å². The Balaban J connectivity index is 2.17. The van der Waals surface area contributed by atoms with E-state index in [0.29, 0.717) is 5.92 Å². The van der Waals surface area contributed by atoms with Gasteiger partial charge in [-0.1, -0.05) is 44.2 Å². The summed E-state index contributed by atoms with van der Waals surface area (Å²) in [4.78, 5) is 8.22. The minimum absolute atomic E-state index is 0.00108. The van der Waals surface area contributed by atoms with E-state index in [1.54, 1.807) is 24.3 Å². The Morgan fingerprint density at radius 2 is 1.84 bits per heavy atom.